The lowest BCUT2D eigenvalue weighted by molar-refractivity contribution is -0.121. The van der Waals surface area contributed by atoms with E-state index in [9.17, 15) is 9.59 Å². The van der Waals surface area contributed by atoms with Crippen LogP contribution in [0.25, 0.3) is 5.69 Å². The summed E-state index contributed by atoms with van der Waals surface area (Å²) in [5, 5.41) is 4.18. The van der Waals surface area contributed by atoms with Crippen molar-refractivity contribution in [3.63, 3.8) is 0 Å². The van der Waals surface area contributed by atoms with Crippen LogP contribution in [0.15, 0.2) is 67.0 Å². The zero-order chi connectivity index (χ0) is 20.4. The quantitative estimate of drug-likeness (QED) is 0.687. The minimum Gasteiger partial charge on any atom is -0.497 e. The fraction of sp³-hybridized carbons (Fsp3) is 0.227. The summed E-state index contributed by atoms with van der Waals surface area (Å²) in [4.78, 5) is 29.1. The number of rotatable bonds is 4. The van der Waals surface area contributed by atoms with Crippen molar-refractivity contribution in [3.05, 3.63) is 72.6 Å². The third-order valence-corrected chi connectivity index (χ3v) is 5.02. The lowest BCUT2D eigenvalue weighted by Crippen LogP contribution is -2.57. The molecule has 7 heteroatoms. The van der Waals surface area contributed by atoms with Gasteiger partial charge in [0.15, 0.2) is 0 Å². The van der Waals surface area contributed by atoms with Gasteiger partial charge in [-0.25, -0.2) is 4.68 Å². The van der Waals surface area contributed by atoms with Gasteiger partial charge in [-0.1, -0.05) is 6.07 Å². The van der Waals surface area contributed by atoms with Crippen LogP contribution in [0.3, 0.4) is 0 Å². The van der Waals surface area contributed by atoms with Crippen LogP contribution in [-0.2, 0) is 4.79 Å². The average Bonchev–Trinajstić information content (AvgIpc) is 3.28. The molecule has 2 amide bonds. The summed E-state index contributed by atoms with van der Waals surface area (Å²) in [5.74, 6) is 0.430. The second kappa shape index (κ2) is 7.79. The molecule has 1 unspecified atom stereocenters. The van der Waals surface area contributed by atoms with E-state index in [0.29, 0.717) is 17.9 Å². The molecular formula is C22H22N4O3. The predicted molar refractivity (Wildman–Crippen MR) is 109 cm³/mol. The van der Waals surface area contributed by atoms with Crippen molar-refractivity contribution in [2.45, 2.75) is 13.0 Å². The van der Waals surface area contributed by atoms with Crippen LogP contribution in [0.2, 0.25) is 0 Å². The van der Waals surface area contributed by atoms with E-state index >= 15 is 0 Å². The first-order valence-electron chi connectivity index (χ1n) is 9.42. The van der Waals surface area contributed by atoms with Crippen molar-refractivity contribution in [2.24, 2.45) is 0 Å². The number of benzene rings is 2. The number of piperazine rings is 1. The Labute approximate surface area is 169 Å². The highest BCUT2D eigenvalue weighted by Gasteiger charge is 2.33. The second-order valence-electron chi connectivity index (χ2n) is 7.00. The second-order valence-corrected chi connectivity index (χ2v) is 7.00. The molecule has 148 valence electrons. The van der Waals surface area contributed by atoms with Crippen molar-refractivity contribution >= 4 is 17.5 Å². The molecule has 3 aromatic rings. The van der Waals surface area contributed by atoms with Crippen molar-refractivity contribution in [1.29, 1.82) is 0 Å². The summed E-state index contributed by atoms with van der Waals surface area (Å²) < 4.78 is 6.99. The van der Waals surface area contributed by atoms with E-state index < -0.39 is 0 Å². The standard InChI is InChI=1S/C22H22N4O3/c1-16-14-24(15-21(27)26(16)19-5-3-6-20(13-19)29-2)22(28)17-7-9-18(10-8-17)25-12-4-11-23-25/h3-13,16H,14-15H2,1-2H3. The number of carbonyl (C=O) groups excluding carboxylic acids is 2. The molecule has 1 saturated heterocycles. The first-order valence-corrected chi connectivity index (χ1v) is 9.42. The Morgan fingerprint density at radius 2 is 1.90 bits per heavy atom. The van der Waals surface area contributed by atoms with Crippen LogP contribution >= 0.6 is 0 Å². The molecule has 2 heterocycles. The van der Waals surface area contributed by atoms with Crippen molar-refractivity contribution in [1.82, 2.24) is 14.7 Å². The van der Waals surface area contributed by atoms with Crippen LogP contribution < -0.4 is 9.64 Å². The Balaban J connectivity index is 1.49. The van der Waals surface area contributed by atoms with E-state index in [1.54, 1.807) is 39.9 Å². The molecule has 29 heavy (non-hydrogen) atoms. The van der Waals surface area contributed by atoms with Gasteiger partial charge in [-0.3, -0.25) is 9.59 Å². The Hall–Kier alpha value is -3.61. The van der Waals surface area contributed by atoms with Gasteiger partial charge in [0.05, 0.1) is 18.8 Å². The average molecular weight is 390 g/mol. The summed E-state index contributed by atoms with van der Waals surface area (Å²) >= 11 is 0. The molecule has 0 bridgehead atoms. The molecule has 1 aliphatic rings. The van der Waals surface area contributed by atoms with Crippen LogP contribution in [-0.4, -0.2) is 52.7 Å². The first kappa shape index (κ1) is 18.7. The summed E-state index contributed by atoms with van der Waals surface area (Å²) in [7, 11) is 1.60. The van der Waals surface area contributed by atoms with Crippen LogP contribution in [0, 0.1) is 0 Å². The Morgan fingerprint density at radius 1 is 1.10 bits per heavy atom. The number of hydrogen-bond acceptors (Lipinski definition) is 4. The van der Waals surface area contributed by atoms with Crippen molar-refractivity contribution in [2.75, 3.05) is 25.1 Å². The molecular weight excluding hydrogens is 368 g/mol. The van der Waals surface area contributed by atoms with E-state index in [0.717, 1.165) is 11.4 Å². The molecule has 0 N–H and O–H groups in total. The predicted octanol–water partition coefficient (Wildman–Crippen LogP) is 2.76. The zero-order valence-electron chi connectivity index (χ0n) is 16.4. The minimum atomic E-state index is -0.150. The molecule has 7 nitrogen and oxygen atoms in total. The lowest BCUT2D eigenvalue weighted by atomic mass is 10.1. The molecule has 0 saturated carbocycles. The number of nitrogens with zero attached hydrogens (tertiary/aromatic N) is 4. The lowest BCUT2D eigenvalue weighted by Gasteiger charge is -2.39. The highest BCUT2D eigenvalue weighted by molar-refractivity contribution is 6.02. The molecule has 0 spiro atoms. The molecule has 1 aliphatic heterocycles. The Bertz CT molecular complexity index is 1010. The fourth-order valence-electron chi connectivity index (χ4n) is 3.62. The van der Waals surface area contributed by atoms with Crippen molar-refractivity contribution < 1.29 is 14.3 Å². The number of aromatic nitrogens is 2. The van der Waals surface area contributed by atoms with E-state index in [-0.39, 0.29) is 24.4 Å². The monoisotopic (exact) mass is 390 g/mol. The number of amides is 2. The molecule has 1 atom stereocenters. The number of methoxy groups -OCH3 is 1. The van der Waals surface area contributed by atoms with E-state index in [4.69, 9.17) is 4.74 Å². The maximum atomic E-state index is 12.9. The van der Waals surface area contributed by atoms with Gasteiger partial charge in [-0.2, -0.15) is 5.10 Å². The van der Waals surface area contributed by atoms with Gasteiger partial charge in [0, 0.05) is 36.3 Å². The summed E-state index contributed by atoms with van der Waals surface area (Å²) in [6, 6.07) is 16.3. The number of ether oxygens (including phenoxy) is 1. The maximum Gasteiger partial charge on any atom is 0.254 e. The molecule has 0 aliphatic carbocycles. The van der Waals surface area contributed by atoms with Gasteiger partial charge in [-0.05, 0) is 49.4 Å². The molecule has 4 rings (SSSR count). The molecule has 2 aromatic carbocycles. The third kappa shape index (κ3) is 3.71. The maximum absolute atomic E-state index is 12.9. The van der Waals surface area contributed by atoms with Gasteiger partial charge >= 0.3 is 0 Å². The number of carbonyl (C=O) groups is 2. The molecule has 1 aromatic heterocycles. The van der Waals surface area contributed by atoms with E-state index in [2.05, 4.69) is 5.10 Å². The summed E-state index contributed by atoms with van der Waals surface area (Å²) in [6.07, 6.45) is 3.54. The van der Waals surface area contributed by atoms with E-state index in [1.165, 1.54) is 0 Å². The smallest absolute Gasteiger partial charge is 0.254 e. The van der Waals surface area contributed by atoms with Crippen LogP contribution in [0.1, 0.15) is 17.3 Å². The Kier molecular flexibility index (Phi) is 5.03. The number of hydrogen-bond donors (Lipinski definition) is 0. The van der Waals surface area contributed by atoms with Crippen molar-refractivity contribution in [3.8, 4) is 11.4 Å². The van der Waals surface area contributed by atoms with Gasteiger partial charge in [-0.15, -0.1) is 0 Å². The SMILES string of the molecule is COc1cccc(N2C(=O)CN(C(=O)c3ccc(-n4cccn4)cc3)CC2C)c1. The third-order valence-electron chi connectivity index (χ3n) is 5.02. The molecule has 0 radical (unpaired) electrons. The fourth-order valence-corrected chi connectivity index (χ4v) is 3.62. The highest BCUT2D eigenvalue weighted by Crippen LogP contribution is 2.26. The van der Waals surface area contributed by atoms with Gasteiger partial charge in [0.2, 0.25) is 5.91 Å². The topological polar surface area (TPSA) is 67.7 Å². The van der Waals surface area contributed by atoms with E-state index in [1.807, 2.05) is 55.6 Å². The highest BCUT2D eigenvalue weighted by atomic mass is 16.5. The van der Waals surface area contributed by atoms with Crippen LogP contribution in [0.4, 0.5) is 5.69 Å². The van der Waals surface area contributed by atoms with Crippen LogP contribution in [0.5, 0.6) is 5.75 Å². The zero-order valence-corrected chi connectivity index (χ0v) is 16.4. The summed E-state index contributed by atoms with van der Waals surface area (Å²) in [5.41, 5.74) is 2.20. The normalized spacial score (nSPS) is 16.8. The van der Waals surface area contributed by atoms with Gasteiger partial charge in [0.25, 0.3) is 5.91 Å². The minimum absolute atomic E-state index is 0.0429. The molecule has 1 fully saturated rings. The first-order chi connectivity index (χ1) is 14.1. The summed E-state index contributed by atoms with van der Waals surface area (Å²) in [6.45, 7) is 2.45. The number of anilines is 1. The Morgan fingerprint density at radius 3 is 2.55 bits per heavy atom. The largest absolute Gasteiger partial charge is 0.497 e. The van der Waals surface area contributed by atoms with Gasteiger partial charge in [0.1, 0.15) is 12.3 Å². The van der Waals surface area contributed by atoms with Gasteiger partial charge < -0.3 is 14.5 Å².